The van der Waals surface area contributed by atoms with Gasteiger partial charge in [0.05, 0.1) is 22.1 Å². The molecule has 0 fully saturated rings. The lowest BCUT2D eigenvalue weighted by Crippen LogP contribution is -1.99. The molecule has 0 bridgehead atoms. The van der Waals surface area contributed by atoms with Crippen molar-refractivity contribution in [1.82, 2.24) is 0 Å². The third-order valence-corrected chi connectivity index (χ3v) is 3.20. The van der Waals surface area contributed by atoms with Crippen LogP contribution in [0.15, 0.2) is 41.5 Å². The van der Waals surface area contributed by atoms with Crippen LogP contribution >= 0.6 is 0 Å². The van der Waals surface area contributed by atoms with Crippen molar-refractivity contribution in [3.05, 3.63) is 73.3 Å². The summed E-state index contributed by atoms with van der Waals surface area (Å²) in [4.78, 5) is 20.3. The van der Waals surface area contributed by atoms with Crippen LogP contribution in [0.2, 0.25) is 0 Å². The van der Waals surface area contributed by atoms with Gasteiger partial charge in [0.25, 0.3) is 5.69 Å². The van der Waals surface area contributed by atoms with Gasteiger partial charge in [-0.25, -0.2) is 0 Å². The lowest BCUT2D eigenvalue weighted by Gasteiger charge is -2.03. The summed E-state index contributed by atoms with van der Waals surface area (Å²) in [6, 6.07) is 9.16. The molecule has 0 amide bonds. The predicted octanol–water partition coefficient (Wildman–Crippen LogP) is 3.57. The van der Waals surface area contributed by atoms with Gasteiger partial charge in [-0.3, -0.25) is 25.7 Å². The lowest BCUT2D eigenvalue weighted by atomic mass is 10.1. The Morgan fingerprint density at radius 1 is 1.04 bits per heavy atom. The largest absolute Gasteiger partial charge is 0.301 e. The van der Waals surface area contributed by atoms with E-state index in [0.29, 0.717) is 0 Å². The molecule has 0 aliphatic heterocycles. The number of benzene rings is 2. The Balaban J connectivity index is 2.24. The van der Waals surface area contributed by atoms with Crippen molar-refractivity contribution in [3.63, 3.8) is 0 Å². The number of hydrogen-bond donors (Lipinski definition) is 1. The molecule has 0 atom stereocenters. The van der Waals surface area contributed by atoms with Crippen LogP contribution in [0.3, 0.4) is 0 Å². The van der Waals surface area contributed by atoms with Crippen LogP contribution in [0.1, 0.15) is 16.7 Å². The molecule has 0 unspecified atom stereocenters. The van der Waals surface area contributed by atoms with Crippen LogP contribution in [-0.4, -0.2) is 16.1 Å². The van der Waals surface area contributed by atoms with E-state index >= 15 is 0 Å². The minimum absolute atomic E-state index is 0.0848. The van der Waals surface area contributed by atoms with E-state index < -0.39 is 15.5 Å². The van der Waals surface area contributed by atoms with Crippen molar-refractivity contribution in [3.8, 4) is 0 Å². The average molecular weight is 314 g/mol. The number of hydrazone groups is 1. The maximum atomic E-state index is 11.0. The van der Waals surface area contributed by atoms with Gasteiger partial charge in [0.2, 0.25) is 0 Å². The van der Waals surface area contributed by atoms with E-state index in [9.17, 15) is 20.2 Å². The van der Waals surface area contributed by atoms with E-state index in [-0.39, 0.29) is 11.4 Å². The van der Waals surface area contributed by atoms with Crippen LogP contribution in [0, 0.1) is 34.1 Å². The van der Waals surface area contributed by atoms with E-state index in [1.165, 1.54) is 12.1 Å². The highest BCUT2D eigenvalue weighted by Gasteiger charge is 2.19. The van der Waals surface area contributed by atoms with Crippen LogP contribution in [0.5, 0.6) is 0 Å². The van der Waals surface area contributed by atoms with E-state index in [2.05, 4.69) is 10.5 Å². The number of nitro groups is 2. The van der Waals surface area contributed by atoms with Crippen molar-refractivity contribution in [2.75, 3.05) is 5.43 Å². The van der Waals surface area contributed by atoms with E-state index in [1.807, 2.05) is 32.0 Å². The maximum Gasteiger partial charge on any atom is 0.301 e. The standard InChI is InChI=1S/C15H14N4O4/c1-10-3-4-12(11(2)7-10)9-16-17-14-6-5-13(18(20)21)8-15(14)19(22)23/h3-9,17H,1-2H3/b16-9-. The molecule has 0 aliphatic carbocycles. The molecular weight excluding hydrogens is 300 g/mol. The molecule has 2 aromatic carbocycles. The van der Waals surface area contributed by atoms with Crippen LogP contribution < -0.4 is 5.43 Å². The quantitative estimate of drug-likeness (QED) is 0.515. The monoisotopic (exact) mass is 314 g/mol. The van der Waals surface area contributed by atoms with Gasteiger partial charge in [-0.15, -0.1) is 0 Å². The second-order valence-corrected chi connectivity index (χ2v) is 4.95. The molecule has 23 heavy (non-hydrogen) atoms. The second-order valence-electron chi connectivity index (χ2n) is 4.95. The Kier molecular flexibility index (Phi) is 4.65. The molecule has 1 N–H and O–H groups in total. The van der Waals surface area contributed by atoms with Crippen molar-refractivity contribution >= 4 is 23.3 Å². The van der Waals surface area contributed by atoms with Crippen molar-refractivity contribution in [2.45, 2.75) is 13.8 Å². The SMILES string of the molecule is Cc1ccc(/C=N\Nc2ccc([N+](=O)[O-])cc2[N+](=O)[O-])c(C)c1. The maximum absolute atomic E-state index is 11.0. The van der Waals surface area contributed by atoms with Crippen LogP contribution in [0.25, 0.3) is 0 Å². The fourth-order valence-electron chi connectivity index (χ4n) is 2.02. The topological polar surface area (TPSA) is 111 Å². The van der Waals surface area contributed by atoms with Gasteiger partial charge >= 0.3 is 5.69 Å². The van der Waals surface area contributed by atoms with Crippen molar-refractivity contribution < 1.29 is 9.85 Å². The highest BCUT2D eigenvalue weighted by Crippen LogP contribution is 2.28. The first-order valence-electron chi connectivity index (χ1n) is 6.67. The molecule has 2 rings (SSSR count). The van der Waals surface area contributed by atoms with E-state index in [4.69, 9.17) is 0 Å². The van der Waals surface area contributed by atoms with Gasteiger partial charge < -0.3 is 0 Å². The number of hydrogen-bond acceptors (Lipinski definition) is 6. The molecule has 0 saturated heterocycles. The van der Waals surface area contributed by atoms with Crippen molar-refractivity contribution in [2.24, 2.45) is 5.10 Å². The Labute approximate surface area is 131 Å². The predicted molar refractivity (Wildman–Crippen MR) is 86.9 cm³/mol. The summed E-state index contributed by atoms with van der Waals surface area (Å²) in [5.41, 5.74) is 4.90. The Morgan fingerprint density at radius 3 is 2.39 bits per heavy atom. The summed E-state index contributed by atoms with van der Waals surface area (Å²) >= 11 is 0. The number of nitrogens with zero attached hydrogens (tertiary/aromatic N) is 3. The summed E-state index contributed by atoms with van der Waals surface area (Å²) in [6.07, 6.45) is 1.54. The second kappa shape index (κ2) is 6.65. The van der Waals surface area contributed by atoms with Gasteiger partial charge in [-0.1, -0.05) is 23.8 Å². The van der Waals surface area contributed by atoms with Crippen LogP contribution in [0.4, 0.5) is 17.1 Å². The van der Waals surface area contributed by atoms with Gasteiger partial charge in [-0.05, 0) is 31.0 Å². The van der Waals surface area contributed by atoms with Gasteiger partial charge in [-0.2, -0.15) is 5.10 Å². The number of non-ortho nitro benzene ring substituents is 1. The molecule has 0 radical (unpaired) electrons. The zero-order valence-electron chi connectivity index (χ0n) is 12.5. The molecule has 2 aromatic rings. The zero-order valence-corrected chi connectivity index (χ0v) is 12.5. The van der Waals surface area contributed by atoms with Gasteiger partial charge in [0.15, 0.2) is 0 Å². The fraction of sp³-hybridized carbons (Fsp3) is 0.133. The third kappa shape index (κ3) is 3.88. The highest BCUT2D eigenvalue weighted by atomic mass is 16.6. The molecule has 0 aromatic heterocycles. The first-order valence-corrected chi connectivity index (χ1v) is 6.67. The molecule has 8 heteroatoms. The van der Waals surface area contributed by atoms with Crippen molar-refractivity contribution in [1.29, 1.82) is 0 Å². The Bertz CT molecular complexity index is 802. The minimum atomic E-state index is -0.692. The molecule has 0 aliphatic rings. The number of aryl methyl sites for hydroxylation is 2. The molecule has 118 valence electrons. The normalized spacial score (nSPS) is 10.7. The summed E-state index contributed by atoms with van der Waals surface area (Å²) < 4.78 is 0. The summed E-state index contributed by atoms with van der Waals surface area (Å²) in [5, 5.41) is 25.7. The fourth-order valence-corrected chi connectivity index (χ4v) is 2.02. The van der Waals surface area contributed by atoms with Gasteiger partial charge in [0.1, 0.15) is 5.69 Å². The Hall–Kier alpha value is -3.29. The molecule has 0 heterocycles. The lowest BCUT2D eigenvalue weighted by molar-refractivity contribution is -0.393. The first-order chi connectivity index (χ1) is 10.9. The minimum Gasteiger partial charge on any atom is -0.272 e. The zero-order chi connectivity index (χ0) is 17.0. The number of anilines is 1. The highest BCUT2D eigenvalue weighted by molar-refractivity contribution is 5.82. The smallest absolute Gasteiger partial charge is 0.272 e. The summed E-state index contributed by atoms with van der Waals surface area (Å²) in [5.74, 6) is 0. The van der Waals surface area contributed by atoms with Gasteiger partial charge in [0, 0.05) is 6.07 Å². The number of rotatable bonds is 5. The van der Waals surface area contributed by atoms with Crippen LogP contribution in [-0.2, 0) is 0 Å². The molecule has 8 nitrogen and oxygen atoms in total. The number of nitro benzene ring substituents is 2. The number of nitrogens with one attached hydrogen (secondary N) is 1. The Morgan fingerprint density at radius 2 is 1.78 bits per heavy atom. The molecular formula is C15H14N4O4. The van der Waals surface area contributed by atoms with E-state index in [0.717, 1.165) is 22.8 Å². The average Bonchev–Trinajstić information content (AvgIpc) is 2.49. The van der Waals surface area contributed by atoms with E-state index in [1.54, 1.807) is 6.21 Å². The first kappa shape index (κ1) is 16.1. The summed E-state index contributed by atoms with van der Waals surface area (Å²) in [7, 11) is 0. The third-order valence-electron chi connectivity index (χ3n) is 3.20. The summed E-state index contributed by atoms with van der Waals surface area (Å²) in [6.45, 7) is 3.91. The molecule has 0 saturated carbocycles. The molecule has 0 spiro atoms.